The first-order valence-electron chi connectivity index (χ1n) is 10.4. The van der Waals surface area contributed by atoms with Crippen molar-refractivity contribution in [3.05, 3.63) is 98.9 Å². The van der Waals surface area contributed by atoms with Gasteiger partial charge in [0, 0.05) is 18.8 Å². The molecule has 3 rings (SSSR count). The fraction of sp³-hybridized carbons (Fsp3) is 0.222. The third-order valence-electron chi connectivity index (χ3n) is 5.59. The highest BCUT2D eigenvalue weighted by Crippen LogP contribution is 2.29. The number of aromatic carboxylic acids is 1. The van der Waals surface area contributed by atoms with E-state index in [1.54, 1.807) is 12.1 Å². The van der Waals surface area contributed by atoms with Crippen LogP contribution in [0.5, 0.6) is 0 Å². The summed E-state index contributed by atoms with van der Waals surface area (Å²) >= 11 is 0. The Bertz CT molecular complexity index is 1190. The van der Waals surface area contributed by atoms with Crippen molar-refractivity contribution < 1.29 is 9.90 Å². The van der Waals surface area contributed by atoms with Gasteiger partial charge in [-0.25, -0.2) is 4.79 Å². The highest BCUT2D eigenvalue weighted by Gasteiger charge is 2.18. The van der Waals surface area contributed by atoms with Gasteiger partial charge in [0.05, 0.1) is 5.56 Å². The summed E-state index contributed by atoms with van der Waals surface area (Å²) in [5.41, 5.74) is 6.38. The Kier molecular flexibility index (Phi) is 6.41. The van der Waals surface area contributed by atoms with Gasteiger partial charge in [0.2, 0.25) is 0 Å². The molecule has 0 aliphatic carbocycles. The second-order valence-electron chi connectivity index (χ2n) is 7.55. The number of hydrogen-bond donors (Lipinski definition) is 1. The molecule has 0 saturated carbocycles. The van der Waals surface area contributed by atoms with E-state index in [0.29, 0.717) is 5.56 Å². The van der Waals surface area contributed by atoms with Crippen LogP contribution >= 0.6 is 0 Å². The Hall–Kier alpha value is -3.33. The minimum atomic E-state index is -0.924. The molecule has 1 N–H and O–H groups in total. The quantitative estimate of drug-likeness (QED) is 0.663. The van der Waals surface area contributed by atoms with Crippen molar-refractivity contribution in [1.29, 1.82) is 0 Å². The first-order chi connectivity index (χ1) is 14.4. The zero-order chi connectivity index (χ0) is 21.8. The molecule has 0 atom stereocenters. The van der Waals surface area contributed by atoms with E-state index >= 15 is 0 Å². The van der Waals surface area contributed by atoms with Crippen molar-refractivity contribution in [2.75, 3.05) is 18.0 Å². The topological polar surface area (TPSA) is 40.5 Å². The monoisotopic (exact) mass is 399 g/mol. The highest BCUT2D eigenvalue weighted by atomic mass is 16.4. The summed E-state index contributed by atoms with van der Waals surface area (Å²) < 4.78 is 0. The van der Waals surface area contributed by atoms with Gasteiger partial charge in [-0.2, -0.15) is 0 Å². The molecule has 0 saturated heterocycles. The van der Waals surface area contributed by atoms with Crippen LogP contribution < -0.4 is 15.3 Å². The van der Waals surface area contributed by atoms with Crippen LogP contribution in [0.3, 0.4) is 0 Å². The molecule has 3 aromatic carbocycles. The number of carboxylic acids is 1. The van der Waals surface area contributed by atoms with Crippen molar-refractivity contribution in [3.63, 3.8) is 0 Å². The predicted octanol–water partition coefficient (Wildman–Crippen LogP) is 4.51. The number of carboxylic acid groups (broad SMARTS) is 1. The van der Waals surface area contributed by atoms with Crippen LogP contribution in [0, 0.1) is 13.8 Å². The van der Waals surface area contributed by atoms with Gasteiger partial charge in [0.15, 0.2) is 0 Å². The molecule has 0 radical (unpaired) electrons. The van der Waals surface area contributed by atoms with Crippen LogP contribution in [0.15, 0.2) is 60.7 Å². The summed E-state index contributed by atoms with van der Waals surface area (Å²) in [7, 11) is 0. The molecule has 3 aromatic rings. The van der Waals surface area contributed by atoms with Gasteiger partial charge >= 0.3 is 5.97 Å². The minimum Gasteiger partial charge on any atom is -0.478 e. The van der Waals surface area contributed by atoms with Gasteiger partial charge in [-0.05, 0) is 84.2 Å². The number of aryl methyl sites for hydroxylation is 2. The Morgan fingerprint density at radius 2 is 1.53 bits per heavy atom. The van der Waals surface area contributed by atoms with Gasteiger partial charge in [0.1, 0.15) is 0 Å². The van der Waals surface area contributed by atoms with Gasteiger partial charge < -0.3 is 10.0 Å². The van der Waals surface area contributed by atoms with Crippen LogP contribution in [0.25, 0.3) is 12.2 Å². The highest BCUT2D eigenvalue weighted by molar-refractivity contribution is 5.97. The zero-order valence-corrected chi connectivity index (χ0v) is 18.2. The maximum absolute atomic E-state index is 12.0. The molecule has 0 amide bonds. The average molecular weight is 400 g/mol. The summed E-state index contributed by atoms with van der Waals surface area (Å²) in [4.78, 5) is 14.3. The van der Waals surface area contributed by atoms with Crippen molar-refractivity contribution in [3.8, 4) is 0 Å². The molecule has 3 nitrogen and oxygen atoms in total. The third-order valence-corrected chi connectivity index (χ3v) is 5.59. The number of hydrogen-bond acceptors (Lipinski definition) is 2. The Labute approximate surface area is 178 Å². The van der Waals surface area contributed by atoms with Crippen LogP contribution in [0.4, 0.5) is 5.69 Å². The minimum absolute atomic E-state index is 0.304. The Morgan fingerprint density at radius 1 is 0.867 bits per heavy atom. The maximum atomic E-state index is 12.0. The fourth-order valence-corrected chi connectivity index (χ4v) is 4.04. The first-order valence-corrected chi connectivity index (χ1v) is 10.4. The molecule has 0 bridgehead atoms. The lowest BCUT2D eigenvalue weighted by molar-refractivity contribution is 0.0696. The van der Waals surface area contributed by atoms with Crippen molar-refractivity contribution in [1.82, 2.24) is 0 Å². The summed E-state index contributed by atoms with van der Waals surface area (Å²) in [6.45, 7) is 14.4. The van der Waals surface area contributed by atoms with Crippen molar-refractivity contribution in [2.45, 2.75) is 27.7 Å². The molecule has 0 aromatic heterocycles. The number of benzene rings is 3. The largest absolute Gasteiger partial charge is 0.478 e. The van der Waals surface area contributed by atoms with Crippen LogP contribution in [0.2, 0.25) is 0 Å². The van der Waals surface area contributed by atoms with Gasteiger partial charge in [-0.15, -0.1) is 0 Å². The normalized spacial score (nSPS) is 11.9. The summed E-state index contributed by atoms with van der Waals surface area (Å²) in [6.07, 6.45) is 0. The number of carbonyl (C=O) groups is 1. The van der Waals surface area contributed by atoms with Gasteiger partial charge in [-0.1, -0.05) is 49.0 Å². The van der Waals surface area contributed by atoms with Crippen molar-refractivity contribution in [2.24, 2.45) is 0 Å². The Morgan fingerprint density at radius 3 is 2.10 bits per heavy atom. The van der Waals surface area contributed by atoms with Gasteiger partial charge in [-0.3, -0.25) is 0 Å². The molecule has 3 heteroatoms. The lowest BCUT2D eigenvalue weighted by atomic mass is 9.88. The molecule has 0 aliphatic heterocycles. The SMILES string of the molecule is C=c1cc/c(=C(/c2ccc(N(CC)CC)cc2C)c2ccccc2C(=O)O)c(C)c1. The first kappa shape index (κ1) is 21.4. The average Bonchev–Trinajstić information content (AvgIpc) is 2.72. The second kappa shape index (κ2) is 9.00. The van der Waals surface area contributed by atoms with E-state index in [1.807, 2.05) is 37.3 Å². The lowest BCUT2D eigenvalue weighted by Gasteiger charge is -2.23. The summed E-state index contributed by atoms with van der Waals surface area (Å²) in [5, 5.41) is 11.8. The molecule has 154 valence electrons. The van der Waals surface area contributed by atoms with E-state index in [-0.39, 0.29) is 0 Å². The zero-order valence-electron chi connectivity index (χ0n) is 18.2. The van der Waals surface area contributed by atoms with E-state index in [2.05, 4.69) is 50.4 Å². The molecule has 0 fully saturated rings. The molecule has 30 heavy (non-hydrogen) atoms. The molecule has 0 heterocycles. The molecule has 0 unspecified atom stereocenters. The summed E-state index contributed by atoms with van der Waals surface area (Å²) in [5.74, 6) is -0.924. The molecule has 0 aliphatic rings. The van der Waals surface area contributed by atoms with E-state index in [1.165, 1.54) is 5.69 Å². The lowest BCUT2D eigenvalue weighted by Crippen LogP contribution is -2.22. The fourth-order valence-electron chi connectivity index (χ4n) is 4.04. The van der Waals surface area contributed by atoms with Crippen LogP contribution in [-0.4, -0.2) is 24.2 Å². The second-order valence-corrected chi connectivity index (χ2v) is 7.55. The third kappa shape index (κ3) is 4.16. The van der Waals surface area contributed by atoms with Crippen LogP contribution in [-0.2, 0) is 0 Å². The number of nitrogens with zero attached hydrogens (tertiary/aromatic N) is 1. The van der Waals surface area contributed by atoms with Crippen molar-refractivity contribution >= 4 is 23.8 Å². The summed E-state index contributed by atoms with van der Waals surface area (Å²) in [6, 6.07) is 19.7. The van der Waals surface area contributed by atoms with E-state index in [0.717, 1.165) is 51.4 Å². The molecule has 0 spiro atoms. The van der Waals surface area contributed by atoms with E-state index in [4.69, 9.17) is 0 Å². The van der Waals surface area contributed by atoms with Gasteiger partial charge in [0.25, 0.3) is 0 Å². The van der Waals surface area contributed by atoms with Crippen LogP contribution in [0.1, 0.15) is 46.5 Å². The predicted molar refractivity (Wildman–Crippen MR) is 126 cm³/mol. The number of anilines is 1. The van der Waals surface area contributed by atoms with E-state index < -0.39 is 5.97 Å². The Balaban J connectivity index is 2.39. The number of rotatable bonds is 6. The smallest absolute Gasteiger partial charge is 0.336 e. The standard InChI is InChI=1S/C27H29NO2/c1-6-28(7-2)21-13-15-23(20(5)17-21)26(22-14-12-18(3)16-19(22)4)24-10-8-9-11-25(24)27(29)30/h8-17H,3,6-7H2,1-2,4-5H3,(H,29,30)/b26-22+. The van der Waals surface area contributed by atoms with E-state index in [9.17, 15) is 9.90 Å². The molecular weight excluding hydrogens is 370 g/mol. The molecular formula is C27H29NO2. The maximum Gasteiger partial charge on any atom is 0.336 e.